The molecular weight excluding hydrogens is 921 g/mol. The molecule has 1 aliphatic heterocycles. The van der Waals surface area contributed by atoms with Gasteiger partial charge in [0.25, 0.3) is 36.8 Å². The minimum absolute atomic E-state index is 0.0861. The number of thioether (sulfide) groups is 2. The molecule has 7 rings (SSSR count). The van der Waals surface area contributed by atoms with Crippen molar-refractivity contribution >= 4 is 87.6 Å². The Morgan fingerprint density at radius 2 is 1.11 bits per heavy atom. The van der Waals surface area contributed by atoms with E-state index in [2.05, 4.69) is 12.1 Å². The Morgan fingerprint density at radius 3 is 1.60 bits per heavy atom. The molecule has 0 radical (unpaired) electrons. The van der Waals surface area contributed by atoms with Crippen molar-refractivity contribution in [1.29, 1.82) is 0 Å². The number of rotatable bonds is 14. The average Bonchev–Trinajstić information content (AvgIpc) is 3.27. The van der Waals surface area contributed by atoms with Gasteiger partial charge in [-0.3, -0.25) is 18.5 Å². The van der Waals surface area contributed by atoms with Gasteiger partial charge in [0.1, 0.15) is 5.94 Å². The number of benzene rings is 4. The second kappa shape index (κ2) is 19.7. The van der Waals surface area contributed by atoms with E-state index in [-0.39, 0.29) is 20.6 Å². The average molecular weight is 958 g/mol. The van der Waals surface area contributed by atoms with Crippen LogP contribution in [0.1, 0.15) is 36.0 Å². The van der Waals surface area contributed by atoms with E-state index in [1.807, 2.05) is 66.8 Å². The summed E-state index contributed by atoms with van der Waals surface area (Å²) in [4.78, 5) is 14.8. The third kappa shape index (κ3) is 11.9. The first kappa shape index (κ1) is 45.8. The molecule has 1 aromatic heterocycles. The number of hydrogen-bond donors (Lipinski definition) is 3. The molecule has 0 atom stereocenters. The summed E-state index contributed by atoms with van der Waals surface area (Å²) in [5, 5.41) is 0. The molecule has 2 heterocycles. The van der Waals surface area contributed by atoms with Gasteiger partial charge in [0, 0.05) is 38.0 Å². The highest BCUT2D eigenvalue weighted by Gasteiger charge is 2.22. The van der Waals surface area contributed by atoms with E-state index >= 15 is 0 Å². The summed E-state index contributed by atoms with van der Waals surface area (Å²) in [7, 11) is -13.2. The van der Waals surface area contributed by atoms with Crippen molar-refractivity contribution in [3.63, 3.8) is 0 Å². The van der Waals surface area contributed by atoms with Crippen LogP contribution in [0.2, 0.25) is 0 Å². The molecule has 5 aromatic rings. The fourth-order valence-corrected chi connectivity index (χ4v) is 11.4. The Bertz CT molecular complexity index is 2980. The highest BCUT2D eigenvalue weighted by atomic mass is 32.2. The molecule has 0 unspecified atom stereocenters. The summed E-state index contributed by atoms with van der Waals surface area (Å²) in [5.74, 6) is 0.0861. The maximum Gasteiger partial charge on any atom is 0.294 e. The topological polar surface area (TPSA) is 189 Å². The van der Waals surface area contributed by atoms with Gasteiger partial charge in [-0.2, -0.15) is 25.3 Å². The molecule has 0 saturated heterocycles. The van der Waals surface area contributed by atoms with Crippen LogP contribution in [-0.2, 0) is 39.9 Å². The lowest BCUT2D eigenvalue weighted by Gasteiger charge is -2.21. The van der Waals surface area contributed by atoms with Gasteiger partial charge in [-0.1, -0.05) is 90.3 Å². The van der Waals surface area contributed by atoms with Crippen LogP contribution in [0, 0.1) is 0 Å². The molecule has 322 valence electrons. The SMILES string of the molecule is O=COCSC1=C(/C=C/c2cc(-c3ccccc3)[s+]c(-c3ccc(S(=O)(=O)O)cc3)c2)CCC/C1=C\C=C1C=C(c2ccc(S(=O)(=O)O)cc2)SC(c2ccc(S(=O)(=O)O)cc2)=C1. The van der Waals surface area contributed by atoms with Crippen LogP contribution in [0.3, 0.4) is 0 Å². The molecule has 11 nitrogen and oxygen atoms in total. The molecule has 0 amide bonds. The quantitative estimate of drug-likeness (QED) is 0.0314. The fourth-order valence-electron chi connectivity index (χ4n) is 6.70. The number of carbonyl (C=O) groups is 1. The van der Waals surface area contributed by atoms with Gasteiger partial charge in [0.05, 0.1) is 14.7 Å². The molecule has 0 saturated carbocycles. The normalized spacial score (nSPS) is 15.6. The van der Waals surface area contributed by atoms with Crippen molar-refractivity contribution < 1.29 is 48.4 Å². The van der Waals surface area contributed by atoms with Crippen LogP contribution >= 0.6 is 34.9 Å². The minimum atomic E-state index is -4.41. The zero-order chi connectivity index (χ0) is 44.8. The lowest BCUT2D eigenvalue weighted by Crippen LogP contribution is -2.01. The van der Waals surface area contributed by atoms with Crippen molar-refractivity contribution in [2.45, 2.75) is 33.9 Å². The summed E-state index contributed by atoms with van der Waals surface area (Å²) in [6.07, 6.45) is 14.2. The first-order chi connectivity index (χ1) is 30.0. The standard InChI is InChI=1S/C46H36O11S6/c47-29-57-30-58-46-37(11-9-31-25-42(33-5-2-1-3-6-33)59-43(26-31)34-13-19-39(20-14-34)61(48,49)50)7-4-8-38(46)12-10-32-27-44(35-15-21-40(22-16-35)62(51,52)53)60-45(28-32)36-17-23-41(24-18-36)63(54,55)56/h1-3,5-6,9-29H,4,7-8,30H2,(H2-,48,49,50,51,52,53,54,55,56)/p+1. The number of ether oxygens (including phenoxy) is 1. The van der Waals surface area contributed by atoms with E-state index < -0.39 is 30.4 Å². The molecule has 63 heavy (non-hydrogen) atoms. The first-order valence-corrected chi connectivity index (χ1v) is 25.9. The van der Waals surface area contributed by atoms with Gasteiger partial charge in [-0.05, 0) is 125 Å². The van der Waals surface area contributed by atoms with E-state index in [1.54, 1.807) is 47.7 Å². The van der Waals surface area contributed by atoms with Crippen LogP contribution in [0.4, 0.5) is 0 Å². The van der Waals surface area contributed by atoms with Crippen molar-refractivity contribution in [2.24, 2.45) is 0 Å². The largest absolute Gasteiger partial charge is 0.456 e. The predicted octanol–water partition coefficient (Wildman–Crippen LogP) is 11.1. The van der Waals surface area contributed by atoms with Crippen LogP contribution in [0.15, 0.2) is 182 Å². The minimum Gasteiger partial charge on any atom is -0.456 e. The van der Waals surface area contributed by atoms with E-state index in [0.29, 0.717) is 17.6 Å². The van der Waals surface area contributed by atoms with Crippen LogP contribution in [-0.4, -0.2) is 51.3 Å². The molecule has 0 fully saturated rings. The summed E-state index contributed by atoms with van der Waals surface area (Å²) in [5.41, 5.74) is 6.84. The zero-order valence-electron chi connectivity index (χ0n) is 32.9. The number of allylic oxidation sites excluding steroid dienone is 8. The lowest BCUT2D eigenvalue weighted by molar-refractivity contribution is -0.126. The van der Waals surface area contributed by atoms with Gasteiger partial charge in [0.15, 0.2) is 0 Å². The summed E-state index contributed by atoms with van der Waals surface area (Å²) < 4.78 is 104. The summed E-state index contributed by atoms with van der Waals surface area (Å²) >= 11 is 4.33. The molecule has 17 heteroatoms. The van der Waals surface area contributed by atoms with Gasteiger partial charge >= 0.3 is 0 Å². The first-order valence-electron chi connectivity index (χ1n) is 18.9. The van der Waals surface area contributed by atoms with Crippen LogP contribution in [0.5, 0.6) is 0 Å². The Kier molecular flexibility index (Phi) is 14.3. The van der Waals surface area contributed by atoms with Gasteiger partial charge in [-0.15, -0.1) is 0 Å². The van der Waals surface area contributed by atoms with Crippen molar-refractivity contribution in [1.82, 2.24) is 0 Å². The molecule has 3 N–H and O–H groups in total. The van der Waals surface area contributed by atoms with E-state index in [4.69, 9.17) is 4.74 Å². The van der Waals surface area contributed by atoms with Gasteiger partial charge in [0.2, 0.25) is 21.1 Å². The Balaban J connectivity index is 1.28. The third-order valence-electron chi connectivity index (χ3n) is 9.77. The number of hydrogen-bond acceptors (Lipinski definition) is 10. The molecule has 4 aromatic carbocycles. The fraction of sp³-hybridized carbons (Fsp3) is 0.0870. The Hall–Kier alpha value is -5.21. The molecule has 0 spiro atoms. The molecule has 1 aliphatic carbocycles. The monoisotopic (exact) mass is 957 g/mol. The second-order valence-corrected chi connectivity index (χ2v) is 21.4. The van der Waals surface area contributed by atoms with E-state index in [1.165, 1.54) is 59.9 Å². The zero-order valence-corrected chi connectivity index (χ0v) is 37.8. The van der Waals surface area contributed by atoms with Crippen molar-refractivity contribution in [3.05, 3.63) is 184 Å². The summed E-state index contributed by atoms with van der Waals surface area (Å²) in [6.45, 7) is 0.404. The Morgan fingerprint density at radius 1 is 0.619 bits per heavy atom. The smallest absolute Gasteiger partial charge is 0.294 e. The maximum atomic E-state index is 11.8. The van der Waals surface area contributed by atoms with Crippen molar-refractivity contribution in [3.8, 4) is 20.9 Å². The third-order valence-corrected chi connectivity index (χ3v) is 15.7. The second-order valence-electron chi connectivity index (χ2n) is 14.0. The summed E-state index contributed by atoms with van der Waals surface area (Å²) in [6, 6.07) is 31.7. The molecule has 2 aliphatic rings. The Labute approximate surface area is 378 Å². The lowest BCUT2D eigenvalue weighted by atomic mass is 9.93. The van der Waals surface area contributed by atoms with Crippen molar-refractivity contribution in [2.75, 3.05) is 5.94 Å². The maximum absolute atomic E-state index is 11.8. The van der Waals surface area contributed by atoms with Crippen LogP contribution in [0.25, 0.3) is 36.8 Å². The predicted molar refractivity (Wildman–Crippen MR) is 251 cm³/mol. The number of carbonyl (C=O) groups excluding carboxylic acids is 1. The van der Waals surface area contributed by atoms with Gasteiger partial charge < -0.3 is 4.74 Å². The van der Waals surface area contributed by atoms with E-state index in [0.717, 1.165) is 77.1 Å². The molecular formula is C46H37O11S6+. The van der Waals surface area contributed by atoms with Crippen LogP contribution < -0.4 is 0 Å². The molecule has 0 bridgehead atoms. The van der Waals surface area contributed by atoms with E-state index in [9.17, 15) is 43.7 Å². The highest BCUT2D eigenvalue weighted by Crippen LogP contribution is 2.45. The van der Waals surface area contributed by atoms with Gasteiger partial charge in [-0.25, -0.2) is 0 Å². The highest BCUT2D eigenvalue weighted by molar-refractivity contribution is 8.16.